The lowest BCUT2D eigenvalue weighted by molar-refractivity contribution is -0.117. The zero-order valence-corrected chi connectivity index (χ0v) is 22.4. The molecule has 0 bridgehead atoms. The number of aromatic nitrogens is 2. The second-order valence-corrected chi connectivity index (χ2v) is 12.3. The molecule has 1 fully saturated rings. The van der Waals surface area contributed by atoms with Crippen LogP contribution in [-0.4, -0.2) is 30.1 Å². The highest BCUT2D eigenvalue weighted by atomic mass is 32.2. The van der Waals surface area contributed by atoms with Crippen molar-refractivity contribution >= 4 is 15.6 Å². The number of carbonyl (C=O) groups excluding carboxylic acids is 1. The van der Waals surface area contributed by atoms with Crippen LogP contribution in [0.2, 0.25) is 0 Å². The van der Waals surface area contributed by atoms with Gasteiger partial charge in [0.15, 0.2) is 15.7 Å². The maximum atomic E-state index is 13.3. The van der Waals surface area contributed by atoms with Crippen LogP contribution in [0.25, 0.3) is 11.5 Å². The molecule has 0 saturated heterocycles. The maximum absolute atomic E-state index is 13.3. The van der Waals surface area contributed by atoms with Crippen LogP contribution in [0.3, 0.4) is 0 Å². The molecule has 1 heterocycles. The Labute approximate surface area is 221 Å². The van der Waals surface area contributed by atoms with Gasteiger partial charge in [-0.15, -0.1) is 0 Å². The molecule has 8 heteroatoms. The number of ketones is 1. The summed E-state index contributed by atoms with van der Waals surface area (Å²) in [5, 5.41) is 4.28. The molecule has 0 amide bonds. The molecule has 6 nitrogen and oxygen atoms in total. The molecule has 0 N–H and O–H groups in total. The van der Waals surface area contributed by atoms with Crippen LogP contribution < -0.4 is 0 Å². The molecule has 3 aromatic carbocycles. The first kappa shape index (κ1) is 26.0. The molecule has 1 aromatic heterocycles. The van der Waals surface area contributed by atoms with Crippen molar-refractivity contribution in [3.63, 3.8) is 0 Å². The number of hydrogen-bond acceptors (Lipinski definition) is 6. The molecular formula is C30H29FN2O4S. The highest BCUT2D eigenvalue weighted by Gasteiger charge is 2.51. The third kappa shape index (κ3) is 5.05. The number of hydrogen-bond donors (Lipinski definition) is 0. The first-order valence-corrected chi connectivity index (χ1v) is 14.3. The topological polar surface area (TPSA) is 90.1 Å². The number of halogens is 1. The zero-order valence-electron chi connectivity index (χ0n) is 21.6. The fourth-order valence-corrected chi connectivity index (χ4v) is 6.13. The number of benzene rings is 3. The van der Waals surface area contributed by atoms with E-state index in [0.717, 1.165) is 40.7 Å². The molecule has 0 atom stereocenters. The Balaban J connectivity index is 1.32. The molecule has 196 valence electrons. The van der Waals surface area contributed by atoms with E-state index in [2.05, 4.69) is 22.3 Å². The van der Waals surface area contributed by atoms with E-state index in [1.165, 1.54) is 12.1 Å². The van der Waals surface area contributed by atoms with Gasteiger partial charge in [0.1, 0.15) is 11.6 Å². The average molecular weight is 533 g/mol. The van der Waals surface area contributed by atoms with Crippen molar-refractivity contribution in [2.45, 2.75) is 56.8 Å². The van der Waals surface area contributed by atoms with Gasteiger partial charge in [-0.1, -0.05) is 36.3 Å². The first-order valence-electron chi connectivity index (χ1n) is 12.7. The van der Waals surface area contributed by atoms with Crippen molar-refractivity contribution in [1.29, 1.82) is 0 Å². The summed E-state index contributed by atoms with van der Waals surface area (Å²) in [5.41, 5.74) is 5.40. The number of nitrogens with zero attached hydrogens (tertiary/aromatic N) is 2. The minimum atomic E-state index is -3.26. The number of aryl methyl sites for hydroxylation is 2. The molecular weight excluding hydrogens is 503 g/mol. The Morgan fingerprint density at radius 3 is 2.13 bits per heavy atom. The van der Waals surface area contributed by atoms with Crippen LogP contribution in [0.15, 0.2) is 70.1 Å². The number of carbonyl (C=O) groups is 1. The predicted molar refractivity (Wildman–Crippen MR) is 142 cm³/mol. The highest BCUT2D eigenvalue weighted by Crippen LogP contribution is 2.54. The van der Waals surface area contributed by atoms with Gasteiger partial charge in [0, 0.05) is 18.4 Å². The van der Waals surface area contributed by atoms with Crippen LogP contribution in [0.4, 0.5) is 4.39 Å². The van der Waals surface area contributed by atoms with Gasteiger partial charge in [0.05, 0.1) is 16.1 Å². The van der Waals surface area contributed by atoms with Gasteiger partial charge in [-0.25, -0.2) is 12.8 Å². The van der Waals surface area contributed by atoms with Gasteiger partial charge in [-0.3, -0.25) is 4.79 Å². The van der Waals surface area contributed by atoms with Gasteiger partial charge >= 0.3 is 0 Å². The normalized spacial score (nSPS) is 14.4. The molecule has 0 spiro atoms. The predicted octanol–water partition coefficient (Wildman–Crippen LogP) is 5.72. The molecule has 1 aliphatic carbocycles. The molecule has 0 radical (unpaired) electrons. The van der Waals surface area contributed by atoms with E-state index >= 15 is 0 Å². The van der Waals surface area contributed by atoms with Crippen molar-refractivity contribution in [1.82, 2.24) is 10.1 Å². The summed E-state index contributed by atoms with van der Waals surface area (Å²) in [4.78, 5) is 17.8. The monoisotopic (exact) mass is 532 g/mol. The summed E-state index contributed by atoms with van der Waals surface area (Å²) in [6.45, 7) is 5.70. The van der Waals surface area contributed by atoms with E-state index in [-0.39, 0.29) is 34.1 Å². The van der Waals surface area contributed by atoms with E-state index in [1.807, 2.05) is 13.8 Å². The second kappa shape index (κ2) is 9.91. The summed E-state index contributed by atoms with van der Waals surface area (Å²) < 4.78 is 42.9. The standard InChI is InChI=1S/C30H29FN2O4S/c1-4-38(35,36)26-11-5-21(6-12-26)17-25(34)18-22-15-19(2)27(20(3)16-22)30(13-14-30)29-32-28(37-33-29)23-7-9-24(31)10-8-23/h5-12,15-16H,4,13-14,17-18H2,1-3H3. The molecule has 5 rings (SSSR count). The Morgan fingerprint density at radius 1 is 0.947 bits per heavy atom. The van der Waals surface area contributed by atoms with E-state index < -0.39 is 9.84 Å². The van der Waals surface area contributed by atoms with Gasteiger partial charge < -0.3 is 4.52 Å². The molecule has 38 heavy (non-hydrogen) atoms. The van der Waals surface area contributed by atoms with Crippen LogP contribution in [0, 0.1) is 19.7 Å². The van der Waals surface area contributed by atoms with E-state index in [1.54, 1.807) is 43.3 Å². The molecule has 0 aliphatic heterocycles. The lowest BCUT2D eigenvalue weighted by atomic mass is 9.85. The highest BCUT2D eigenvalue weighted by molar-refractivity contribution is 7.91. The summed E-state index contributed by atoms with van der Waals surface area (Å²) in [6.07, 6.45) is 2.34. The van der Waals surface area contributed by atoms with Crippen molar-refractivity contribution in [3.8, 4) is 11.5 Å². The maximum Gasteiger partial charge on any atom is 0.257 e. The molecule has 4 aromatic rings. The fourth-order valence-electron chi connectivity index (χ4n) is 5.25. The second-order valence-electron chi connectivity index (χ2n) is 10.1. The van der Waals surface area contributed by atoms with Crippen LogP contribution >= 0.6 is 0 Å². The Morgan fingerprint density at radius 2 is 1.55 bits per heavy atom. The quantitative estimate of drug-likeness (QED) is 0.274. The van der Waals surface area contributed by atoms with Gasteiger partial charge in [0.2, 0.25) is 0 Å². The van der Waals surface area contributed by atoms with Crippen LogP contribution in [0.1, 0.15) is 53.4 Å². The number of sulfone groups is 1. The lowest BCUT2D eigenvalue weighted by Crippen LogP contribution is -2.16. The first-order chi connectivity index (χ1) is 18.1. The summed E-state index contributed by atoms with van der Waals surface area (Å²) >= 11 is 0. The molecule has 1 saturated carbocycles. The van der Waals surface area contributed by atoms with Gasteiger partial charge in [-0.05, 0) is 90.9 Å². The van der Waals surface area contributed by atoms with E-state index in [0.29, 0.717) is 23.7 Å². The van der Waals surface area contributed by atoms with Crippen LogP contribution in [-0.2, 0) is 32.9 Å². The lowest BCUT2D eigenvalue weighted by Gasteiger charge is -2.19. The number of rotatable bonds is 9. The SMILES string of the molecule is CCS(=O)(=O)c1ccc(CC(=O)Cc2cc(C)c(C3(c4noc(-c5ccc(F)cc5)n4)CC3)c(C)c2)cc1. The third-order valence-corrected chi connectivity index (χ3v) is 8.98. The fraction of sp³-hybridized carbons (Fsp3) is 0.300. The van der Waals surface area contributed by atoms with Crippen LogP contribution in [0.5, 0.6) is 0 Å². The number of Topliss-reactive ketones (excluding diaryl/α,β-unsaturated/α-hetero) is 1. The van der Waals surface area contributed by atoms with Crippen molar-refractivity contribution in [2.24, 2.45) is 0 Å². The third-order valence-electron chi connectivity index (χ3n) is 7.23. The zero-order chi connectivity index (χ0) is 27.1. The largest absolute Gasteiger partial charge is 0.334 e. The smallest absolute Gasteiger partial charge is 0.257 e. The summed E-state index contributed by atoms with van der Waals surface area (Å²) in [5.74, 6) is 0.774. The Kier molecular flexibility index (Phi) is 6.77. The summed E-state index contributed by atoms with van der Waals surface area (Å²) in [6, 6.07) is 16.6. The minimum Gasteiger partial charge on any atom is -0.334 e. The molecule has 0 unspecified atom stereocenters. The van der Waals surface area contributed by atoms with Crippen molar-refractivity contribution < 1.29 is 22.1 Å². The average Bonchev–Trinajstić information content (AvgIpc) is 3.51. The van der Waals surface area contributed by atoms with Crippen molar-refractivity contribution in [3.05, 3.63) is 100 Å². The van der Waals surface area contributed by atoms with E-state index in [9.17, 15) is 17.6 Å². The van der Waals surface area contributed by atoms with Crippen molar-refractivity contribution in [2.75, 3.05) is 5.75 Å². The molecule has 1 aliphatic rings. The van der Waals surface area contributed by atoms with Gasteiger partial charge in [-0.2, -0.15) is 4.98 Å². The Bertz CT molecular complexity index is 1580. The minimum absolute atomic E-state index is 0.0450. The van der Waals surface area contributed by atoms with E-state index in [4.69, 9.17) is 4.52 Å². The Hall–Kier alpha value is -3.65. The van der Waals surface area contributed by atoms with Gasteiger partial charge in [0.25, 0.3) is 5.89 Å². The summed E-state index contributed by atoms with van der Waals surface area (Å²) in [7, 11) is -3.26.